The Labute approximate surface area is 181 Å². The van der Waals surface area contributed by atoms with Crippen molar-refractivity contribution in [3.8, 4) is 5.69 Å². The summed E-state index contributed by atoms with van der Waals surface area (Å²) in [6.45, 7) is 5.30. The van der Waals surface area contributed by atoms with Crippen LogP contribution in [0, 0.1) is 13.8 Å². The molecule has 1 aliphatic heterocycles. The molecule has 0 aliphatic carbocycles. The summed E-state index contributed by atoms with van der Waals surface area (Å²) in [6.07, 6.45) is 0. The Morgan fingerprint density at radius 3 is 2.39 bits per heavy atom. The van der Waals surface area contributed by atoms with Gasteiger partial charge < -0.3 is 10.1 Å². The number of hydrogen-bond donors (Lipinski definition) is 1. The van der Waals surface area contributed by atoms with Gasteiger partial charge in [0.2, 0.25) is 10.0 Å². The van der Waals surface area contributed by atoms with Gasteiger partial charge in [0, 0.05) is 30.0 Å². The number of sulfonamides is 1. The quantitative estimate of drug-likeness (QED) is 0.659. The minimum atomic E-state index is -3.63. The van der Waals surface area contributed by atoms with Crippen molar-refractivity contribution in [2.24, 2.45) is 0 Å². The van der Waals surface area contributed by atoms with E-state index in [-0.39, 0.29) is 10.8 Å². The number of nitrogens with zero attached hydrogens (tertiary/aromatic N) is 3. The zero-order valence-corrected chi connectivity index (χ0v) is 18.2. The van der Waals surface area contributed by atoms with E-state index in [1.165, 1.54) is 16.4 Å². The first-order chi connectivity index (χ1) is 14.8. The van der Waals surface area contributed by atoms with Crippen LogP contribution < -0.4 is 5.32 Å². The number of nitrogens with one attached hydrogen (secondary N) is 1. The number of benzene rings is 2. The molecule has 0 saturated carbocycles. The van der Waals surface area contributed by atoms with Crippen LogP contribution in [0.25, 0.3) is 5.69 Å². The number of carbonyl (C=O) groups is 1. The average molecular weight is 441 g/mol. The highest BCUT2D eigenvalue weighted by Gasteiger charge is 2.26. The predicted molar refractivity (Wildman–Crippen MR) is 117 cm³/mol. The van der Waals surface area contributed by atoms with Crippen molar-refractivity contribution in [2.75, 3.05) is 31.6 Å². The Morgan fingerprint density at radius 1 is 1.03 bits per heavy atom. The van der Waals surface area contributed by atoms with Gasteiger partial charge in [-0.05, 0) is 62.4 Å². The van der Waals surface area contributed by atoms with Crippen molar-refractivity contribution in [1.29, 1.82) is 0 Å². The maximum Gasteiger partial charge on any atom is 0.255 e. The Balaban J connectivity index is 1.50. The van der Waals surface area contributed by atoms with Gasteiger partial charge in [-0.1, -0.05) is 6.07 Å². The van der Waals surface area contributed by atoms with Crippen LogP contribution in [0.1, 0.15) is 21.7 Å². The van der Waals surface area contributed by atoms with Gasteiger partial charge in [-0.2, -0.15) is 9.40 Å². The lowest BCUT2D eigenvalue weighted by Crippen LogP contribution is -2.40. The molecule has 0 atom stereocenters. The third kappa shape index (κ3) is 4.53. The number of anilines is 1. The fourth-order valence-corrected chi connectivity index (χ4v) is 4.97. The van der Waals surface area contributed by atoms with Crippen molar-refractivity contribution in [3.63, 3.8) is 0 Å². The molecule has 9 heteroatoms. The van der Waals surface area contributed by atoms with Crippen LogP contribution in [0.2, 0.25) is 0 Å². The predicted octanol–water partition coefficient (Wildman–Crippen LogP) is 2.76. The second-order valence-electron chi connectivity index (χ2n) is 7.38. The van der Waals surface area contributed by atoms with Crippen molar-refractivity contribution in [2.45, 2.75) is 18.7 Å². The van der Waals surface area contributed by atoms with E-state index in [1.54, 1.807) is 24.3 Å². The van der Waals surface area contributed by atoms with E-state index >= 15 is 0 Å². The van der Waals surface area contributed by atoms with Gasteiger partial charge in [0.15, 0.2) is 0 Å². The molecule has 2 aromatic carbocycles. The molecule has 31 heavy (non-hydrogen) atoms. The summed E-state index contributed by atoms with van der Waals surface area (Å²) in [5.74, 6) is -0.319. The van der Waals surface area contributed by atoms with Crippen LogP contribution in [0.4, 0.5) is 5.69 Å². The largest absolute Gasteiger partial charge is 0.379 e. The molecule has 1 saturated heterocycles. The summed E-state index contributed by atoms with van der Waals surface area (Å²) in [6, 6.07) is 15.4. The van der Waals surface area contributed by atoms with Crippen LogP contribution in [0.5, 0.6) is 0 Å². The molecule has 162 valence electrons. The Bertz CT molecular complexity index is 1200. The van der Waals surface area contributed by atoms with Gasteiger partial charge in [0.25, 0.3) is 5.91 Å². The Morgan fingerprint density at radius 2 is 1.74 bits per heavy atom. The molecule has 0 spiro atoms. The monoisotopic (exact) mass is 440 g/mol. The maximum absolute atomic E-state index is 12.8. The zero-order chi connectivity index (χ0) is 22.0. The molecule has 1 N–H and O–H groups in total. The smallest absolute Gasteiger partial charge is 0.255 e. The van der Waals surface area contributed by atoms with E-state index in [4.69, 9.17) is 4.74 Å². The number of amides is 1. The number of carbonyl (C=O) groups excluding carboxylic acids is 1. The summed E-state index contributed by atoms with van der Waals surface area (Å²) in [5.41, 5.74) is 3.67. The maximum atomic E-state index is 12.8. The lowest BCUT2D eigenvalue weighted by atomic mass is 10.2. The number of morpholine rings is 1. The minimum Gasteiger partial charge on any atom is -0.379 e. The van der Waals surface area contributed by atoms with E-state index < -0.39 is 10.0 Å². The molecule has 1 amide bonds. The van der Waals surface area contributed by atoms with Gasteiger partial charge in [0.1, 0.15) is 0 Å². The van der Waals surface area contributed by atoms with Gasteiger partial charge in [-0.3, -0.25) is 4.79 Å². The number of hydrogen-bond acceptors (Lipinski definition) is 5. The van der Waals surface area contributed by atoms with Crippen LogP contribution in [0.3, 0.4) is 0 Å². The lowest BCUT2D eigenvalue weighted by Gasteiger charge is -2.26. The highest BCUT2D eigenvalue weighted by molar-refractivity contribution is 7.89. The second-order valence-corrected chi connectivity index (χ2v) is 9.32. The fourth-order valence-electron chi connectivity index (χ4n) is 3.52. The van der Waals surface area contributed by atoms with E-state index in [9.17, 15) is 13.2 Å². The third-order valence-electron chi connectivity index (χ3n) is 5.08. The van der Waals surface area contributed by atoms with Crippen molar-refractivity contribution in [1.82, 2.24) is 14.1 Å². The molecule has 8 nitrogen and oxygen atoms in total. The van der Waals surface area contributed by atoms with Crippen molar-refractivity contribution >= 4 is 21.6 Å². The molecular weight excluding hydrogens is 416 g/mol. The topological polar surface area (TPSA) is 93.5 Å². The summed E-state index contributed by atoms with van der Waals surface area (Å²) in [7, 11) is -3.63. The van der Waals surface area contributed by atoms with Crippen LogP contribution in [-0.4, -0.2) is 54.7 Å². The summed E-state index contributed by atoms with van der Waals surface area (Å²) in [4.78, 5) is 12.8. The molecule has 2 heterocycles. The first-order valence-corrected chi connectivity index (χ1v) is 11.4. The second kappa shape index (κ2) is 8.62. The normalized spacial score (nSPS) is 15.0. The van der Waals surface area contributed by atoms with E-state index in [0.717, 1.165) is 17.1 Å². The zero-order valence-electron chi connectivity index (χ0n) is 17.4. The SMILES string of the molecule is Cc1cc(C)n(-c2ccc(C(=O)Nc3cccc(S(=O)(=O)N4CCOCC4)c3)cc2)n1. The van der Waals surface area contributed by atoms with Crippen molar-refractivity contribution in [3.05, 3.63) is 71.5 Å². The first-order valence-electron chi connectivity index (χ1n) is 9.97. The minimum absolute atomic E-state index is 0.145. The lowest BCUT2D eigenvalue weighted by molar-refractivity contribution is 0.0730. The molecule has 1 aromatic heterocycles. The molecule has 1 fully saturated rings. The summed E-state index contributed by atoms with van der Waals surface area (Å²) in [5, 5.41) is 7.22. The highest BCUT2D eigenvalue weighted by atomic mass is 32.2. The number of aryl methyl sites for hydroxylation is 2. The third-order valence-corrected chi connectivity index (χ3v) is 6.98. The number of ether oxygens (including phenoxy) is 1. The summed E-state index contributed by atoms with van der Waals surface area (Å²) >= 11 is 0. The van der Waals surface area contributed by atoms with Crippen LogP contribution in [-0.2, 0) is 14.8 Å². The van der Waals surface area contributed by atoms with E-state index in [1.807, 2.05) is 36.7 Å². The molecular formula is C22H24N4O4S. The van der Waals surface area contributed by atoms with Gasteiger partial charge in [0.05, 0.1) is 29.5 Å². The highest BCUT2D eigenvalue weighted by Crippen LogP contribution is 2.21. The average Bonchev–Trinajstić information content (AvgIpc) is 3.12. The standard InChI is InChI=1S/C22H24N4O4S/c1-16-14-17(2)26(24-16)20-8-6-18(7-9-20)22(27)23-19-4-3-5-21(15-19)31(28,29)25-10-12-30-13-11-25/h3-9,14-15H,10-13H2,1-2H3,(H,23,27). The molecule has 0 radical (unpaired) electrons. The first kappa shape index (κ1) is 21.2. The summed E-state index contributed by atoms with van der Waals surface area (Å²) < 4.78 is 34.1. The van der Waals surface area contributed by atoms with Crippen LogP contribution >= 0.6 is 0 Å². The van der Waals surface area contributed by atoms with E-state index in [0.29, 0.717) is 37.6 Å². The number of rotatable bonds is 5. The van der Waals surface area contributed by atoms with Gasteiger partial charge in [-0.15, -0.1) is 0 Å². The van der Waals surface area contributed by atoms with E-state index in [2.05, 4.69) is 10.4 Å². The Hall–Kier alpha value is -3.01. The van der Waals surface area contributed by atoms with Gasteiger partial charge >= 0.3 is 0 Å². The molecule has 0 bridgehead atoms. The molecule has 3 aromatic rings. The number of aromatic nitrogens is 2. The molecule has 4 rings (SSSR count). The van der Waals surface area contributed by atoms with Crippen LogP contribution in [0.15, 0.2) is 59.5 Å². The fraction of sp³-hybridized carbons (Fsp3) is 0.273. The Kier molecular flexibility index (Phi) is 5.90. The van der Waals surface area contributed by atoms with Crippen molar-refractivity contribution < 1.29 is 17.9 Å². The molecule has 0 unspecified atom stereocenters. The van der Waals surface area contributed by atoms with Gasteiger partial charge in [-0.25, -0.2) is 13.1 Å². The molecule has 1 aliphatic rings.